The largest absolute Gasteiger partial charge is 0.480 e. The molecule has 1 aliphatic rings. The Labute approximate surface area is 122 Å². The van der Waals surface area contributed by atoms with Crippen LogP contribution in [0.1, 0.15) is 46.0 Å². The first-order valence-corrected chi connectivity index (χ1v) is 7.81. The highest BCUT2D eigenvalue weighted by atomic mass is 16.5. The van der Waals surface area contributed by atoms with Gasteiger partial charge >= 0.3 is 5.97 Å². The summed E-state index contributed by atoms with van der Waals surface area (Å²) >= 11 is 0. The van der Waals surface area contributed by atoms with Crippen molar-refractivity contribution in [1.29, 1.82) is 0 Å². The van der Waals surface area contributed by atoms with Crippen molar-refractivity contribution < 1.29 is 14.6 Å². The number of hydrogen-bond acceptors (Lipinski definition) is 4. The molecule has 5 nitrogen and oxygen atoms in total. The van der Waals surface area contributed by atoms with Gasteiger partial charge in [0, 0.05) is 20.2 Å². The van der Waals surface area contributed by atoms with E-state index in [9.17, 15) is 9.90 Å². The van der Waals surface area contributed by atoms with Gasteiger partial charge in [-0.3, -0.25) is 4.79 Å². The van der Waals surface area contributed by atoms with Gasteiger partial charge in [-0.15, -0.1) is 0 Å². The molecule has 0 saturated carbocycles. The zero-order chi connectivity index (χ0) is 15.0. The van der Waals surface area contributed by atoms with E-state index in [4.69, 9.17) is 4.74 Å². The fourth-order valence-corrected chi connectivity index (χ4v) is 2.89. The number of methoxy groups -OCH3 is 1. The van der Waals surface area contributed by atoms with Gasteiger partial charge in [-0.1, -0.05) is 13.8 Å². The number of hydrogen-bond donors (Lipinski definition) is 2. The molecule has 0 aromatic heterocycles. The van der Waals surface area contributed by atoms with Gasteiger partial charge in [0.2, 0.25) is 0 Å². The third-order valence-electron chi connectivity index (χ3n) is 4.37. The predicted octanol–water partition coefficient (Wildman–Crippen LogP) is 1.72. The van der Waals surface area contributed by atoms with Gasteiger partial charge in [-0.2, -0.15) is 0 Å². The summed E-state index contributed by atoms with van der Waals surface area (Å²) in [6.07, 6.45) is 4.62. The van der Waals surface area contributed by atoms with Crippen molar-refractivity contribution in [2.75, 3.05) is 33.3 Å². The number of likely N-dealkylation sites (tertiary alicyclic amines) is 1. The van der Waals surface area contributed by atoms with E-state index in [1.54, 1.807) is 7.11 Å². The van der Waals surface area contributed by atoms with E-state index >= 15 is 0 Å². The summed E-state index contributed by atoms with van der Waals surface area (Å²) in [4.78, 5) is 14.0. The van der Waals surface area contributed by atoms with Crippen molar-refractivity contribution in [1.82, 2.24) is 10.2 Å². The van der Waals surface area contributed by atoms with Crippen molar-refractivity contribution in [2.24, 2.45) is 0 Å². The fraction of sp³-hybridized carbons (Fsp3) is 0.933. The molecule has 1 heterocycles. The molecule has 0 spiro atoms. The molecule has 0 amide bonds. The van der Waals surface area contributed by atoms with E-state index in [1.165, 1.54) is 0 Å². The lowest BCUT2D eigenvalue weighted by atomic mass is 9.90. The second kappa shape index (κ2) is 8.60. The minimum absolute atomic E-state index is 0.351. The van der Waals surface area contributed by atoms with Gasteiger partial charge in [0.25, 0.3) is 0 Å². The number of nitrogens with zero attached hydrogens (tertiary/aromatic N) is 1. The molecule has 2 atom stereocenters. The number of aliphatic carboxylic acids is 1. The highest BCUT2D eigenvalue weighted by Gasteiger charge is 2.35. The van der Waals surface area contributed by atoms with Crippen LogP contribution in [0.25, 0.3) is 0 Å². The van der Waals surface area contributed by atoms with Gasteiger partial charge in [0.1, 0.15) is 5.54 Å². The zero-order valence-corrected chi connectivity index (χ0v) is 13.2. The van der Waals surface area contributed by atoms with Crippen LogP contribution in [0.3, 0.4) is 0 Å². The highest BCUT2D eigenvalue weighted by molar-refractivity contribution is 5.78. The molecule has 20 heavy (non-hydrogen) atoms. The lowest BCUT2D eigenvalue weighted by molar-refractivity contribution is -0.145. The minimum Gasteiger partial charge on any atom is -0.480 e. The topological polar surface area (TPSA) is 61.8 Å². The molecule has 5 heteroatoms. The molecular weight excluding hydrogens is 256 g/mol. The quantitative estimate of drug-likeness (QED) is 0.640. The number of carbonyl (C=O) groups is 1. The minimum atomic E-state index is -0.754. The Hall–Kier alpha value is -0.650. The van der Waals surface area contributed by atoms with Crippen LogP contribution in [-0.2, 0) is 9.53 Å². The van der Waals surface area contributed by atoms with Crippen molar-refractivity contribution in [3.8, 4) is 0 Å². The lowest BCUT2D eigenvalue weighted by Gasteiger charge is -2.30. The summed E-state index contributed by atoms with van der Waals surface area (Å²) in [5, 5.41) is 12.8. The highest BCUT2D eigenvalue weighted by Crippen LogP contribution is 2.20. The van der Waals surface area contributed by atoms with Crippen LogP contribution in [0.15, 0.2) is 0 Å². The molecule has 1 rings (SSSR count). The van der Waals surface area contributed by atoms with E-state index in [0.717, 1.165) is 45.4 Å². The summed E-state index contributed by atoms with van der Waals surface area (Å²) in [5.74, 6) is -0.718. The van der Waals surface area contributed by atoms with Crippen LogP contribution in [0, 0.1) is 0 Å². The Balaban J connectivity index is 2.40. The van der Waals surface area contributed by atoms with Gasteiger partial charge in [-0.25, -0.2) is 0 Å². The van der Waals surface area contributed by atoms with E-state index in [2.05, 4.69) is 17.1 Å². The summed E-state index contributed by atoms with van der Waals surface area (Å²) < 4.78 is 5.35. The molecule has 2 N–H and O–H groups in total. The second-order valence-electron chi connectivity index (χ2n) is 5.72. The second-order valence-corrected chi connectivity index (χ2v) is 5.72. The maximum atomic E-state index is 11.6. The van der Waals surface area contributed by atoms with Gasteiger partial charge in [-0.05, 0) is 45.2 Å². The summed E-state index contributed by atoms with van der Waals surface area (Å²) in [6.45, 7) is 7.77. The molecule has 118 valence electrons. The Morgan fingerprint density at radius 2 is 2.25 bits per heavy atom. The summed E-state index contributed by atoms with van der Waals surface area (Å²) in [6, 6.07) is 0. The van der Waals surface area contributed by atoms with Crippen LogP contribution in [0.4, 0.5) is 0 Å². The SMILES string of the molecule is CCCNC(CC)(CCCN1CCC(OC)C1)C(=O)O. The first-order valence-electron chi connectivity index (χ1n) is 7.81. The Bertz CT molecular complexity index is 299. The molecule has 0 aliphatic carbocycles. The molecule has 0 radical (unpaired) electrons. The van der Waals surface area contributed by atoms with Crippen LogP contribution < -0.4 is 5.32 Å². The van der Waals surface area contributed by atoms with Crippen LogP contribution in [0.5, 0.6) is 0 Å². The van der Waals surface area contributed by atoms with E-state index < -0.39 is 11.5 Å². The summed E-state index contributed by atoms with van der Waals surface area (Å²) in [5.41, 5.74) is -0.754. The molecule has 0 aromatic carbocycles. The Kier molecular flexibility index (Phi) is 7.48. The first kappa shape index (κ1) is 17.4. The van der Waals surface area contributed by atoms with Crippen LogP contribution in [-0.4, -0.2) is 60.9 Å². The maximum Gasteiger partial charge on any atom is 0.323 e. The van der Waals surface area contributed by atoms with Crippen LogP contribution >= 0.6 is 0 Å². The monoisotopic (exact) mass is 286 g/mol. The third-order valence-corrected chi connectivity index (χ3v) is 4.37. The number of ether oxygens (including phenoxy) is 1. The normalized spacial score (nSPS) is 22.9. The van der Waals surface area contributed by atoms with Crippen molar-refractivity contribution in [3.05, 3.63) is 0 Å². The van der Waals surface area contributed by atoms with E-state index in [0.29, 0.717) is 18.9 Å². The van der Waals surface area contributed by atoms with Gasteiger partial charge < -0.3 is 20.1 Å². The Morgan fingerprint density at radius 3 is 2.75 bits per heavy atom. The average molecular weight is 286 g/mol. The number of nitrogens with one attached hydrogen (secondary N) is 1. The maximum absolute atomic E-state index is 11.6. The average Bonchev–Trinajstić information content (AvgIpc) is 2.90. The van der Waals surface area contributed by atoms with Gasteiger partial charge in [0.15, 0.2) is 0 Å². The fourth-order valence-electron chi connectivity index (χ4n) is 2.89. The molecule has 1 aliphatic heterocycles. The standard InChI is InChI=1S/C15H30N2O3/c1-4-9-16-15(5-2,14(18)19)8-6-10-17-11-7-13(12-17)20-3/h13,16H,4-12H2,1-3H3,(H,18,19). The molecule has 2 unspecified atom stereocenters. The number of rotatable bonds is 10. The Morgan fingerprint density at radius 1 is 1.50 bits per heavy atom. The lowest BCUT2D eigenvalue weighted by Crippen LogP contribution is -2.52. The predicted molar refractivity (Wildman–Crippen MR) is 80.0 cm³/mol. The van der Waals surface area contributed by atoms with Gasteiger partial charge in [0.05, 0.1) is 6.10 Å². The molecular formula is C15H30N2O3. The smallest absolute Gasteiger partial charge is 0.323 e. The first-order chi connectivity index (χ1) is 9.57. The van der Waals surface area contributed by atoms with E-state index in [1.807, 2.05) is 6.92 Å². The summed E-state index contributed by atoms with van der Waals surface area (Å²) in [7, 11) is 1.76. The van der Waals surface area contributed by atoms with Crippen molar-refractivity contribution >= 4 is 5.97 Å². The molecule has 1 fully saturated rings. The van der Waals surface area contributed by atoms with Crippen LogP contribution in [0.2, 0.25) is 0 Å². The van der Waals surface area contributed by atoms with Crippen molar-refractivity contribution in [2.45, 2.75) is 57.6 Å². The number of carboxylic acid groups (broad SMARTS) is 1. The molecule has 1 saturated heterocycles. The van der Waals surface area contributed by atoms with Crippen molar-refractivity contribution in [3.63, 3.8) is 0 Å². The third kappa shape index (κ3) is 4.72. The number of carboxylic acids is 1. The zero-order valence-electron chi connectivity index (χ0n) is 13.2. The van der Waals surface area contributed by atoms with E-state index in [-0.39, 0.29) is 0 Å². The molecule has 0 bridgehead atoms. The molecule has 0 aromatic rings.